The normalized spacial score (nSPS) is 10.3. The van der Waals surface area contributed by atoms with Crippen molar-refractivity contribution in [3.63, 3.8) is 0 Å². The number of anilines is 2. The van der Waals surface area contributed by atoms with Crippen molar-refractivity contribution < 1.29 is 9.59 Å². The highest BCUT2D eigenvalue weighted by Crippen LogP contribution is 2.17. The van der Waals surface area contributed by atoms with Crippen LogP contribution in [0.5, 0.6) is 0 Å². The summed E-state index contributed by atoms with van der Waals surface area (Å²) in [6.07, 6.45) is 0.820. The van der Waals surface area contributed by atoms with Crippen LogP contribution in [0.15, 0.2) is 71.4 Å². The minimum absolute atomic E-state index is 0.191. The first kappa shape index (κ1) is 19.6. The summed E-state index contributed by atoms with van der Waals surface area (Å²) < 4.78 is 0. The van der Waals surface area contributed by atoms with E-state index < -0.39 is 0 Å². The Labute approximate surface area is 169 Å². The van der Waals surface area contributed by atoms with Gasteiger partial charge in [-0.05, 0) is 42.1 Å². The number of carbonyl (C=O) groups is 2. The molecule has 0 aliphatic carbocycles. The molecule has 28 heavy (non-hydrogen) atoms. The number of nitrogens with one attached hydrogen (secondary N) is 2. The predicted octanol–water partition coefficient (Wildman–Crippen LogP) is 4.26. The number of thiophene rings is 1. The van der Waals surface area contributed by atoms with E-state index in [2.05, 4.69) is 27.7 Å². The average molecular weight is 394 g/mol. The van der Waals surface area contributed by atoms with Crippen LogP contribution in [0.2, 0.25) is 0 Å². The predicted molar refractivity (Wildman–Crippen MR) is 115 cm³/mol. The first-order chi connectivity index (χ1) is 13.6. The van der Waals surface area contributed by atoms with Crippen LogP contribution in [-0.4, -0.2) is 32.0 Å². The van der Waals surface area contributed by atoms with Gasteiger partial charge in [0.25, 0.3) is 11.8 Å². The first-order valence-corrected chi connectivity index (χ1v) is 10.1. The van der Waals surface area contributed by atoms with Gasteiger partial charge in [0.15, 0.2) is 0 Å². The molecule has 3 rings (SSSR count). The van der Waals surface area contributed by atoms with E-state index in [1.54, 1.807) is 35.7 Å². The number of amides is 2. The Hall–Kier alpha value is -3.12. The van der Waals surface area contributed by atoms with Crippen molar-refractivity contribution >= 4 is 34.5 Å². The zero-order valence-corrected chi connectivity index (χ0v) is 16.5. The number of nitrogens with zero attached hydrogens (tertiary/aromatic N) is 1. The van der Waals surface area contributed by atoms with Crippen LogP contribution in [0.4, 0.5) is 11.4 Å². The van der Waals surface area contributed by atoms with Crippen molar-refractivity contribution in [1.82, 2.24) is 5.32 Å². The van der Waals surface area contributed by atoms with Crippen molar-refractivity contribution in [3.05, 3.63) is 82.6 Å². The van der Waals surface area contributed by atoms with Gasteiger partial charge in [-0.2, -0.15) is 11.3 Å². The van der Waals surface area contributed by atoms with Crippen LogP contribution < -0.4 is 15.5 Å². The second-order valence-electron chi connectivity index (χ2n) is 6.38. The number of benzene rings is 2. The summed E-state index contributed by atoms with van der Waals surface area (Å²) in [6.45, 7) is 1.39. The average Bonchev–Trinajstić information content (AvgIpc) is 3.27. The molecule has 6 heteroatoms. The molecular weight excluding hydrogens is 370 g/mol. The molecule has 0 aliphatic heterocycles. The number of para-hydroxylation sites is 2. The fourth-order valence-corrected chi connectivity index (χ4v) is 3.44. The van der Waals surface area contributed by atoms with E-state index in [4.69, 9.17) is 0 Å². The van der Waals surface area contributed by atoms with Gasteiger partial charge >= 0.3 is 0 Å². The maximum Gasteiger partial charge on any atom is 0.256 e. The van der Waals surface area contributed by atoms with Crippen molar-refractivity contribution in [3.8, 4) is 0 Å². The SMILES string of the molecule is CN(CCCNC(=O)c1ccccc1NC(=O)c1ccsc1)c1ccccc1. The van der Waals surface area contributed by atoms with E-state index in [1.165, 1.54) is 11.3 Å². The molecule has 0 fully saturated rings. The monoisotopic (exact) mass is 393 g/mol. The molecule has 0 atom stereocenters. The summed E-state index contributed by atoms with van der Waals surface area (Å²) in [4.78, 5) is 27.0. The largest absolute Gasteiger partial charge is 0.375 e. The fourth-order valence-electron chi connectivity index (χ4n) is 2.80. The van der Waals surface area contributed by atoms with Gasteiger partial charge in [0, 0.05) is 31.2 Å². The molecule has 0 unspecified atom stereocenters. The highest BCUT2D eigenvalue weighted by atomic mass is 32.1. The first-order valence-electron chi connectivity index (χ1n) is 9.12. The van der Waals surface area contributed by atoms with Crippen molar-refractivity contribution in [2.24, 2.45) is 0 Å². The Bertz CT molecular complexity index is 911. The Morgan fingerprint density at radius 2 is 1.71 bits per heavy atom. The zero-order chi connectivity index (χ0) is 19.8. The maximum absolute atomic E-state index is 12.6. The van der Waals surface area contributed by atoms with E-state index in [1.807, 2.05) is 30.6 Å². The maximum atomic E-state index is 12.6. The molecule has 3 aromatic rings. The molecule has 1 aromatic heterocycles. The summed E-state index contributed by atoms with van der Waals surface area (Å²) in [5.74, 6) is -0.408. The number of rotatable bonds is 8. The van der Waals surface area contributed by atoms with E-state index in [9.17, 15) is 9.59 Å². The highest BCUT2D eigenvalue weighted by molar-refractivity contribution is 7.08. The Morgan fingerprint density at radius 3 is 2.46 bits per heavy atom. The third-order valence-corrected chi connectivity index (χ3v) is 5.04. The Balaban J connectivity index is 1.52. The summed E-state index contributed by atoms with van der Waals surface area (Å²) in [7, 11) is 2.03. The van der Waals surface area contributed by atoms with Crippen LogP contribution in [0.25, 0.3) is 0 Å². The molecule has 2 N–H and O–H groups in total. The van der Waals surface area contributed by atoms with E-state index in [-0.39, 0.29) is 11.8 Å². The molecule has 1 heterocycles. The molecule has 2 aromatic carbocycles. The second-order valence-corrected chi connectivity index (χ2v) is 7.16. The Kier molecular flexibility index (Phi) is 6.81. The van der Waals surface area contributed by atoms with Crippen LogP contribution in [0.3, 0.4) is 0 Å². The molecule has 0 saturated carbocycles. The topological polar surface area (TPSA) is 61.4 Å². The minimum atomic E-state index is -0.217. The third kappa shape index (κ3) is 5.20. The van der Waals surface area contributed by atoms with Gasteiger partial charge in [-0.25, -0.2) is 0 Å². The van der Waals surface area contributed by atoms with Gasteiger partial charge in [0.05, 0.1) is 16.8 Å². The lowest BCUT2D eigenvalue weighted by molar-refractivity contribution is 0.0954. The van der Waals surface area contributed by atoms with E-state index in [0.717, 1.165) is 18.7 Å². The molecule has 0 bridgehead atoms. The van der Waals surface area contributed by atoms with Gasteiger partial charge in [0.1, 0.15) is 0 Å². The minimum Gasteiger partial charge on any atom is -0.375 e. The van der Waals surface area contributed by atoms with E-state index in [0.29, 0.717) is 23.4 Å². The molecule has 0 aliphatic rings. The van der Waals surface area contributed by atoms with Gasteiger partial charge in [-0.1, -0.05) is 30.3 Å². The smallest absolute Gasteiger partial charge is 0.256 e. The summed E-state index contributed by atoms with van der Waals surface area (Å²) in [6, 6.07) is 18.9. The highest BCUT2D eigenvalue weighted by Gasteiger charge is 2.14. The standard InChI is InChI=1S/C22H23N3O2S/c1-25(18-8-3-2-4-9-18)14-7-13-23-22(27)19-10-5-6-11-20(19)24-21(26)17-12-15-28-16-17/h2-6,8-12,15-16H,7,13-14H2,1H3,(H,23,27)(H,24,26). The van der Waals surface area contributed by atoms with Gasteiger partial charge in [-0.3, -0.25) is 9.59 Å². The number of hydrogen-bond donors (Lipinski definition) is 2. The van der Waals surface area contributed by atoms with Crippen LogP contribution >= 0.6 is 11.3 Å². The lowest BCUT2D eigenvalue weighted by Gasteiger charge is -2.19. The second kappa shape index (κ2) is 9.71. The van der Waals surface area contributed by atoms with Crippen molar-refractivity contribution in [1.29, 1.82) is 0 Å². The van der Waals surface area contributed by atoms with Gasteiger partial charge < -0.3 is 15.5 Å². The quantitative estimate of drug-likeness (QED) is 0.562. The summed E-state index contributed by atoms with van der Waals surface area (Å²) >= 11 is 1.46. The molecule has 0 radical (unpaired) electrons. The van der Waals surface area contributed by atoms with Crippen LogP contribution in [0.1, 0.15) is 27.1 Å². The van der Waals surface area contributed by atoms with Gasteiger partial charge in [-0.15, -0.1) is 0 Å². The molecule has 144 valence electrons. The van der Waals surface area contributed by atoms with E-state index >= 15 is 0 Å². The molecule has 5 nitrogen and oxygen atoms in total. The summed E-state index contributed by atoms with van der Waals surface area (Å²) in [5.41, 5.74) is 2.71. The number of carbonyl (C=O) groups excluding carboxylic acids is 2. The number of hydrogen-bond acceptors (Lipinski definition) is 4. The van der Waals surface area contributed by atoms with Crippen molar-refractivity contribution in [2.75, 3.05) is 30.4 Å². The van der Waals surface area contributed by atoms with Gasteiger partial charge in [0.2, 0.25) is 0 Å². The van der Waals surface area contributed by atoms with Crippen LogP contribution in [-0.2, 0) is 0 Å². The Morgan fingerprint density at radius 1 is 0.964 bits per heavy atom. The fraction of sp³-hybridized carbons (Fsp3) is 0.182. The lowest BCUT2D eigenvalue weighted by Crippen LogP contribution is -2.29. The molecule has 0 saturated heterocycles. The zero-order valence-electron chi connectivity index (χ0n) is 15.7. The van der Waals surface area contributed by atoms with Crippen LogP contribution in [0, 0.1) is 0 Å². The van der Waals surface area contributed by atoms with Crippen molar-refractivity contribution in [2.45, 2.75) is 6.42 Å². The molecule has 0 spiro atoms. The molecular formula is C22H23N3O2S. The third-order valence-electron chi connectivity index (χ3n) is 4.36. The molecule has 2 amide bonds. The summed E-state index contributed by atoms with van der Waals surface area (Å²) in [5, 5.41) is 9.39. The lowest BCUT2D eigenvalue weighted by atomic mass is 10.1.